The number of carbonyl (C=O) groups is 3. The van der Waals surface area contributed by atoms with Gasteiger partial charge >= 0.3 is 6.18 Å². The Bertz CT molecular complexity index is 1420. The number of carbonyl (C=O) groups excluding carboxylic acids is 3. The zero-order chi connectivity index (χ0) is 26.2. The minimum atomic E-state index is -4.59. The highest BCUT2D eigenvalue weighted by molar-refractivity contribution is 8.18. The van der Waals surface area contributed by atoms with Crippen LogP contribution in [0.4, 0.5) is 18.0 Å². The van der Waals surface area contributed by atoms with Crippen molar-refractivity contribution in [3.05, 3.63) is 111 Å². The van der Waals surface area contributed by atoms with Gasteiger partial charge in [-0.25, -0.2) is 0 Å². The van der Waals surface area contributed by atoms with Crippen LogP contribution >= 0.6 is 11.8 Å². The van der Waals surface area contributed by atoms with Gasteiger partial charge in [0.05, 0.1) is 17.0 Å². The van der Waals surface area contributed by atoms with Gasteiger partial charge in [0.15, 0.2) is 0 Å². The zero-order valence-corrected chi connectivity index (χ0v) is 20.3. The first kappa shape index (κ1) is 24.8. The molecule has 0 N–H and O–H groups in total. The fraction of sp³-hybridized carbons (Fsp3) is 0.179. The molecular formula is C28H21F3N2O3S. The van der Waals surface area contributed by atoms with Crippen LogP contribution in [0.1, 0.15) is 38.2 Å². The van der Waals surface area contributed by atoms with Crippen molar-refractivity contribution in [3.63, 3.8) is 0 Å². The fourth-order valence-electron chi connectivity index (χ4n) is 4.47. The molecule has 3 aromatic carbocycles. The third-order valence-electron chi connectivity index (χ3n) is 6.40. The van der Waals surface area contributed by atoms with Crippen molar-refractivity contribution >= 4 is 34.9 Å². The van der Waals surface area contributed by atoms with Gasteiger partial charge in [0.2, 0.25) is 0 Å². The van der Waals surface area contributed by atoms with Crippen LogP contribution in [0.15, 0.2) is 77.7 Å². The second kappa shape index (κ2) is 9.89. The molecule has 3 amide bonds. The lowest BCUT2D eigenvalue weighted by Crippen LogP contribution is -2.35. The molecule has 0 radical (unpaired) electrons. The average Bonchev–Trinajstić information content (AvgIpc) is 3.15. The summed E-state index contributed by atoms with van der Waals surface area (Å²) in [6.45, 7) is 0.702. The molecule has 0 atom stereocenters. The number of imide groups is 1. The monoisotopic (exact) mass is 522 g/mol. The summed E-state index contributed by atoms with van der Waals surface area (Å²) >= 11 is 0.678. The number of thioether (sulfide) groups is 1. The maximum atomic E-state index is 13.3. The predicted octanol–water partition coefficient (Wildman–Crippen LogP) is 6.14. The van der Waals surface area contributed by atoms with E-state index >= 15 is 0 Å². The summed E-state index contributed by atoms with van der Waals surface area (Å²) in [5, 5.41) is -0.634. The van der Waals surface area contributed by atoms with E-state index in [1.54, 1.807) is 29.2 Å². The van der Waals surface area contributed by atoms with E-state index in [9.17, 15) is 27.6 Å². The Balaban J connectivity index is 1.29. The first-order valence-corrected chi connectivity index (χ1v) is 12.4. The molecule has 188 valence electrons. The lowest BCUT2D eigenvalue weighted by Gasteiger charge is -2.29. The summed E-state index contributed by atoms with van der Waals surface area (Å²) in [4.78, 5) is 41.0. The van der Waals surface area contributed by atoms with E-state index in [2.05, 4.69) is 6.07 Å². The molecule has 5 rings (SSSR count). The fourth-order valence-corrected chi connectivity index (χ4v) is 5.30. The van der Waals surface area contributed by atoms with Crippen LogP contribution in [0.5, 0.6) is 0 Å². The maximum Gasteiger partial charge on any atom is 0.416 e. The number of fused-ring (bicyclic) bond motifs is 1. The quantitative estimate of drug-likeness (QED) is 0.386. The third kappa shape index (κ3) is 5.17. The Kier molecular flexibility index (Phi) is 6.64. The van der Waals surface area contributed by atoms with Crippen molar-refractivity contribution in [2.24, 2.45) is 0 Å². The van der Waals surface area contributed by atoms with Crippen LogP contribution in [0.2, 0.25) is 0 Å². The lowest BCUT2D eigenvalue weighted by molar-refractivity contribution is -0.139. The minimum Gasteiger partial charge on any atom is -0.334 e. The van der Waals surface area contributed by atoms with Crippen molar-refractivity contribution in [2.45, 2.75) is 25.7 Å². The van der Waals surface area contributed by atoms with E-state index < -0.39 is 29.4 Å². The molecule has 2 aliphatic heterocycles. The summed E-state index contributed by atoms with van der Waals surface area (Å²) in [7, 11) is 0. The molecule has 0 spiro atoms. The van der Waals surface area contributed by atoms with Gasteiger partial charge in [-0.1, -0.05) is 54.6 Å². The number of hydrogen-bond acceptors (Lipinski definition) is 4. The average molecular weight is 523 g/mol. The highest BCUT2D eigenvalue weighted by Crippen LogP contribution is 2.36. The normalized spacial score (nSPS) is 16.9. The van der Waals surface area contributed by atoms with Crippen molar-refractivity contribution in [3.8, 4) is 0 Å². The largest absolute Gasteiger partial charge is 0.416 e. The molecule has 1 saturated heterocycles. The number of amides is 3. The molecule has 2 aliphatic rings. The molecule has 1 fully saturated rings. The van der Waals surface area contributed by atoms with Gasteiger partial charge in [0, 0.05) is 18.7 Å². The summed E-state index contributed by atoms with van der Waals surface area (Å²) < 4.78 is 40.0. The minimum absolute atomic E-state index is 0.0929. The molecular weight excluding hydrogens is 501 g/mol. The highest BCUT2D eigenvalue weighted by Gasteiger charge is 2.38. The predicted molar refractivity (Wildman–Crippen MR) is 134 cm³/mol. The number of hydrogen-bond donors (Lipinski definition) is 0. The summed E-state index contributed by atoms with van der Waals surface area (Å²) in [6.07, 6.45) is -2.29. The van der Waals surface area contributed by atoms with E-state index in [1.165, 1.54) is 29.8 Å². The highest BCUT2D eigenvalue weighted by atomic mass is 32.2. The summed E-state index contributed by atoms with van der Waals surface area (Å²) in [5.41, 5.74) is 2.46. The zero-order valence-electron chi connectivity index (χ0n) is 19.5. The molecule has 2 heterocycles. The molecule has 0 saturated carbocycles. The molecule has 0 unspecified atom stereocenters. The smallest absolute Gasteiger partial charge is 0.334 e. The molecule has 0 bridgehead atoms. The number of halogens is 3. The van der Waals surface area contributed by atoms with Gasteiger partial charge in [-0.15, -0.1) is 0 Å². The molecule has 37 heavy (non-hydrogen) atoms. The van der Waals surface area contributed by atoms with E-state index in [1.807, 2.05) is 18.2 Å². The second-order valence-electron chi connectivity index (χ2n) is 8.79. The summed E-state index contributed by atoms with van der Waals surface area (Å²) in [5.74, 6) is -0.746. The van der Waals surface area contributed by atoms with Gasteiger partial charge in [-0.05, 0) is 64.7 Å². The van der Waals surface area contributed by atoms with E-state index in [0.29, 0.717) is 36.0 Å². The number of nitrogens with zero attached hydrogens (tertiary/aromatic N) is 2. The van der Waals surface area contributed by atoms with Gasteiger partial charge in [-0.3, -0.25) is 19.3 Å². The first-order valence-electron chi connectivity index (χ1n) is 11.6. The Hall–Kier alpha value is -3.85. The van der Waals surface area contributed by atoms with E-state index in [0.717, 1.165) is 23.0 Å². The Labute approximate surface area is 215 Å². The summed E-state index contributed by atoms with van der Waals surface area (Å²) in [6, 6.07) is 19.6. The Morgan fingerprint density at radius 1 is 0.919 bits per heavy atom. The van der Waals surface area contributed by atoms with Crippen LogP contribution in [0, 0.1) is 0 Å². The van der Waals surface area contributed by atoms with Gasteiger partial charge in [-0.2, -0.15) is 13.2 Å². The van der Waals surface area contributed by atoms with Crippen molar-refractivity contribution in [2.75, 3.05) is 6.54 Å². The van der Waals surface area contributed by atoms with Gasteiger partial charge < -0.3 is 4.90 Å². The van der Waals surface area contributed by atoms with Crippen LogP contribution in [0.3, 0.4) is 0 Å². The molecule has 5 nitrogen and oxygen atoms in total. The van der Waals surface area contributed by atoms with Crippen LogP contribution < -0.4 is 0 Å². The number of rotatable bonds is 4. The van der Waals surface area contributed by atoms with Crippen molar-refractivity contribution < 1.29 is 27.6 Å². The third-order valence-corrected chi connectivity index (χ3v) is 7.31. The van der Waals surface area contributed by atoms with Crippen LogP contribution in [0.25, 0.3) is 6.08 Å². The Morgan fingerprint density at radius 2 is 1.59 bits per heavy atom. The molecule has 9 heteroatoms. The number of alkyl halides is 3. The van der Waals surface area contributed by atoms with Gasteiger partial charge in [0.1, 0.15) is 0 Å². The van der Waals surface area contributed by atoms with Gasteiger partial charge in [0.25, 0.3) is 17.1 Å². The number of benzene rings is 3. The Morgan fingerprint density at radius 3 is 2.32 bits per heavy atom. The first-order chi connectivity index (χ1) is 17.7. The van der Waals surface area contributed by atoms with E-state index in [-0.39, 0.29) is 16.4 Å². The topological polar surface area (TPSA) is 57.7 Å². The van der Waals surface area contributed by atoms with Crippen LogP contribution in [-0.4, -0.2) is 33.4 Å². The standard InChI is InChI=1S/C28H21F3N2O3S/c29-28(30,31)23-8-4-3-7-22(23)17-33-26(35)24(37-27(33)36)15-18-9-11-20(12-10-18)25(34)32-14-13-19-5-1-2-6-21(19)16-32/h1-12,15H,13-14,16-17H2/b24-15-. The molecule has 3 aromatic rings. The SMILES string of the molecule is O=C(c1ccc(/C=C2\SC(=O)N(Cc3ccccc3C(F)(F)F)C2=O)cc1)N1CCc2ccccc2C1. The van der Waals surface area contributed by atoms with E-state index in [4.69, 9.17) is 0 Å². The van der Waals surface area contributed by atoms with Crippen molar-refractivity contribution in [1.29, 1.82) is 0 Å². The molecule has 0 aromatic heterocycles. The van der Waals surface area contributed by atoms with Crippen molar-refractivity contribution in [1.82, 2.24) is 9.80 Å². The second-order valence-corrected chi connectivity index (χ2v) is 9.78. The molecule has 0 aliphatic carbocycles. The maximum absolute atomic E-state index is 13.3. The lowest BCUT2D eigenvalue weighted by atomic mass is 9.99. The van der Waals surface area contributed by atoms with Crippen LogP contribution in [-0.2, 0) is 30.5 Å².